The Bertz CT molecular complexity index is 660. The van der Waals surface area contributed by atoms with Crippen LogP contribution < -0.4 is 0 Å². The Morgan fingerprint density at radius 2 is 1.65 bits per heavy atom. The van der Waals surface area contributed by atoms with Crippen LogP contribution in [-0.4, -0.2) is 29.3 Å². The summed E-state index contributed by atoms with van der Waals surface area (Å²) in [6, 6.07) is 10.6. The van der Waals surface area contributed by atoms with E-state index in [0.29, 0.717) is 13.2 Å². The Balaban J connectivity index is 1.86. The highest BCUT2D eigenvalue weighted by molar-refractivity contribution is 5.64. The molecule has 1 heterocycles. The number of aryl methyl sites for hydroxylation is 1. The van der Waals surface area contributed by atoms with Gasteiger partial charge in [0.2, 0.25) is 0 Å². The lowest BCUT2D eigenvalue weighted by molar-refractivity contribution is -0.141. The minimum absolute atomic E-state index is 0.140. The fourth-order valence-corrected chi connectivity index (χ4v) is 3.85. The zero-order valence-electron chi connectivity index (χ0n) is 16.2. The van der Waals surface area contributed by atoms with Crippen LogP contribution in [0.1, 0.15) is 57.2 Å². The summed E-state index contributed by atoms with van der Waals surface area (Å²) in [7, 11) is 0. The van der Waals surface area contributed by atoms with Crippen molar-refractivity contribution < 1.29 is 9.47 Å². The van der Waals surface area contributed by atoms with Crippen LogP contribution in [0.15, 0.2) is 30.3 Å². The highest BCUT2D eigenvalue weighted by Gasteiger charge is 2.20. The second-order valence-electron chi connectivity index (χ2n) is 6.91. The number of hydrogen-bond acceptors (Lipinski definition) is 3. The van der Waals surface area contributed by atoms with Crippen molar-refractivity contribution in [3.05, 3.63) is 41.6 Å². The minimum Gasteiger partial charge on any atom is -0.353 e. The van der Waals surface area contributed by atoms with Crippen molar-refractivity contribution >= 4 is 0 Å². The van der Waals surface area contributed by atoms with Crippen LogP contribution in [0, 0.1) is 0 Å². The first-order valence-electron chi connectivity index (χ1n) is 10.2. The Labute approximate surface area is 157 Å². The number of fused-ring (bicyclic) bond motifs is 1. The van der Waals surface area contributed by atoms with Crippen molar-refractivity contribution in [3.63, 3.8) is 0 Å². The van der Waals surface area contributed by atoms with Gasteiger partial charge < -0.3 is 9.47 Å². The second kappa shape index (κ2) is 9.89. The van der Waals surface area contributed by atoms with E-state index < -0.39 is 0 Å². The number of benzene rings is 1. The SMILES string of the molecule is CCOC(CCn1nc(-c2ccccc2)c2c1CCCCCC2)OCC. The lowest BCUT2D eigenvalue weighted by atomic mass is 9.95. The molecule has 0 radical (unpaired) electrons. The van der Waals surface area contributed by atoms with Crippen LogP contribution >= 0.6 is 0 Å². The molecule has 0 N–H and O–H groups in total. The van der Waals surface area contributed by atoms with Gasteiger partial charge in [0.1, 0.15) is 0 Å². The molecule has 3 rings (SSSR count). The monoisotopic (exact) mass is 356 g/mol. The molecule has 0 saturated heterocycles. The van der Waals surface area contributed by atoms with E-state index in [0.717, 1.165) is 25.8 Å². The predicted molar refractivity (Wildman–Crippen MR) is 105 cm³/mol. The van der Waals surface area contributed by atoms with Gasteiger partial charge in [-0.2, -0.15) is 5.10 Å². The van der Waals surface area contributed by atoms with Crippen molar-refractivity contribution in [2.75, 3.05) is 13.2 Å². The molecule has 0 aliphatic heterocycles. The van der Waals surface area contributed by atoms with E-state index in [-0.39, 0.29) is 6.29 Å². The Hall–Kier alpha value is -1.65. The van der Waals surface area contributed by atoms with E-state index >= 15 is 0 Å². The molecule has 0 saturated carbocycles. The molecule has 1 aromatic heterocycles. The van der Waals surface area contributed by atoms with Crippen LogP contribution in [0.5, 0.6) is 0 Å². The molecule has 0 unspecified atom stereocenters. The minimum atomic E-state index is -0.140. The topological polar surface area (TPSA) is 36.3 Å². The zero-order chi connectivity index (χ0) is 18.2. The van der Waals surface area contributed by atoms with Crippen molar-refractivity contribution in [1.29, 1.82) is 0 Å². The number of nitrogens with zero attached hydrogens (tertiary/aromatic N) is 2. The normalized spacial score (nSPS) is 14.9. The maximum Gasteiger partial charge on any atom is 0.159 e. The highest BCUT2D eigenvalue weighted by atomic mass is 16.7. The van der Waals surface area contributed by atoms with Crippen LogP contribution in [0.25, 0.3) is 11.3 Å². The third-order valence-electron chi connectivity index (χ3n) is 5.09. The summed E-state index contributed by atoms with van der Waals surface area (Å²) in [5.74, 6) is 0. The van der Waals surface area contributed by atoms with Gasteiger partial charge in [-0.3, -0.25) is 4.68 Å². The average molecular weight is 357 g/mol. The molecule has 26 heavy (non-hydrogen) atoms. The molecule has 4 heteroatoms. The van der Waals surface area contributed by atoms with Gasteiger partial charge in [-0.25, -0.2) is 0 Å². The third-order valence-corrected chi connectivity index (χ3v) is 5.09. The third kappa shape index (κ3) is 4.74. The first kappa shape index (κ1) is 19.1. The lowest BCUT2D eigenvalue weighted by Gasteiger charge is -2.18. The van der Waals surface area contributed by atoms with E-state index in [2.05, 4.69) is 35.0 Å². The zero-order valence-corrected chi connectivity index (χ0v) is 16.2. The molecule has 0 amide bonds. The molecule has 4 nitrogen and oxygen atoms in total. The molecule has 0 bridgehead atoms. The maximum atomic E-state index is 5.72. The Kier molecular flexibility index (Phi) is 7.27. The molecule has 0 fully saturated rings. The molecule has 142 valence electrons. The number of aromatic nitrogens is 2. The molecular weight excluding hydrogens is 324 g/mol. The van der Waals surface area contributed by atoms with Crippen molar-refractivity contribution in [2.24, 2.45) is 0 Å². The average Bonchev–Trinajstić information content (AvgIpc) is 2.97. The van der Waals surface area contributed by atoms with E-state index in [1.807, 2.05) is 13.8 Å². The van der Waals surface area contributed by atoms with Crippen LogP contribution in [0.3, 0.4) is 0 Å². The van der Waals surface area contributed by atoms with E-state index in [4.69, 9.17) is 14.6 Å². The Morgan fingerprint density at radius 1 is 0.962 bits per heavy atom. The van der Waals surface area contributed by atoms with Crippen molar-refractivity contribution in [3.8, 4) is 11.3 Å². The summed E-state index contributed by atoms with van der Waals surface area (Å²) in [5, 5.41) is 5.04. The molecule has 1 aromatic carbocycles. The van der Waals surface area contributed by atoms with Gasteiger partial charge in [-0.1, -0.05) is 43.2 Å². The first-order valence-corrected chi connectivity index (χ1v) is 10.2. The largest absolute Gasteiger partial charge is 0.353 e. The van der Waals surface area contributed by atoms with E-state index in [9.17, 15) is 0 Å². The van der Waals surface area contributed by atoms with Crippen LogP contribution in [0.2, 0.25) is 0 Å². The second-order valence-corrected chi connectivity index (χ2v) is 6.91. The predicted octanol–water partition coefficient (Wildman–Crippen LogP) is 5.00. The quantitative estimate of drug-likeness (QED) is 0.625. The summed E-state index contributed by atoms with van der Waals surface area (Å²) < 4.78 is 13.7. The van der Waals surface area contributed by atoms with E-state index in [1.165, 1.54) is 48.2 Å². The van der Waals surface area contributed by atoms with Crippen LogP contribution in [0.4, 0.5) is 0 Å². The van der Waals surface area contributed by atoms with Crippen LogP contribution in [-0.2, 0) is 28.9 Å². The fourth-order valence-electron chi connectivity index (χ4n) is 3.85. The standard InChI is InChI=1S/C22H32N2O2/c1-3-25-21(26-4-2)16-17-24-20-15-11-6-5-10-14-19(20)22(23-24)18-12-8-7-9-13-18/h7-9,12-13,21H,3-6,10-11,14-17H2,1-2H3. The molecule has 2 aromatic rings. The molecule has 0 atom stereocenters. The maximum absolute atomic E-state index is 5.72. The van der Waals surface area contributed by atoms with Gasteiger partial charge in [0, 0.05) is 43.0 Å². The van der Waals surface area contributed by atoms with Crippen molar-refractivity contribution in [2.45, 2.75) is 71.6 Å². The van der Waals surface area contributed by atoms with Gasteiger partial charge in [-0.05, 0) is 39.5 Å². The highest BCUT2D eigenvalue weighted by Crippen LogP contribution is 2.30. The lowest BCUT2D eigenvalue weighted by Crippen LogP contribution is -2.21. The molecule has 0 spiro atoms. The smallest absolute Gasteiger partial charge is 0.159 e. The number of ether oxygens (including phenoxy) is 2. The summed E-state index contributed by atoms with van der Waals surface area (Å²) in [5.41, 5.74) is 5.29. The van der Waals surface area contributed by atoms with E-state index in [1.54, 1.807) is 0 Å². The van der Waals surface area contributed by atoms with Crippen molar-refractivity contribution in [1.82, 2.24) is 9.78 Å². The molecule has 1 aliphatic carbocycles. The van der Waals surface area contributed by atoms with Gasteiger partial charge >= 0.3 is 0 Å². The first-order chi connectivity index (χ1) is 12.8. The number of hydrogen-bond donors (Lipinski definition) is 0. The molecule has 1 aliphatic rings. The van der Waals surface area contributed by atoms with Gasteiger partial charge in [0.25, 0.3) is 0 Å². The summed E-state index contributed by atoms with van der Waals surface area (Å²) in [6.07, 6.45) is 8.14. The summed E-state index contributed by atoms with van der Waals surface area (Å²) in [6.45, 7) is 6.24. The van der Waals surface area contributed by atoms with Gasteiger partial charge in [-0.15, -0.1) is 0 Å². The summed E-state index contributed by atoms with van der Waals surface area (Å²) >= 11 is 0. The Morgan fingerprint density at radius 3 is 2.35 bits per heavy atom. The molecular formula is C22H32N2O2. The number of rotatable bonds is 8. The van der Waals surface area contributed by atoms with Gasteiger partial charge in [0.15, 0.2) is 6.29 Å². The van der Waals surface area contributed by atoms with Gasteiger partial charge in [0.05, 0.1) is 5.69 Å². The summed E-state index contributed by atoms with van der Waals surface area (Å²) in [4.78, 5) is 0. The fraction of sp³-hybridized carbons (Fsp3) is 0.591.